The van der Waals surface area contributed by atoms with Gasteiger partial charge in [-0.1, -0.05) is 29.3 Å². The fraction of sp³-hybridized carbons (Fsp3) is 0.143. The Hall–Kier alpha value is -1.98. The fourth-order valence-corrected chi connectivity index (χ4v) is 2.56. The number of carbonyl (C=O) groups is 1. The smallest absolute Gasteiger partial charge is 0.323 e. The summed E-state index contributed by atoms with van der Waals surface area (Å²) in [6.07, 6.45) is 3.39. The highest BCUT2D eigenvalue weighted by Crippen LogP contribution is 2.30. The molecule has 0 fully saturated rings. The first-order valence-electron chi connectivity index (χ1n) is 6.37. The van der Waals surface area contributed by atoms with Gasteiger partial charge in [0.1, 0.15) is 0 Å². The second kappa shape index (κ2) is 5.79. The van der Waals surface area contributed by atoms with Crippen LogP contribution in [0.2, 0.25) is 10.0 Å². The van der Waals surface area contributed by atoms with Gasteiger partial charge in [-0.15, -0.1) is 0 Å². The van der Waals surface area contributed by atoms with E-state index in [1.807, 2.05) is 0 Å². The molecule has 0 bridgehead atoms. The molecule has 0 radical (unpaired) electrons. The SMILES string of the molecule is O=C(N1CCN=C1Nc1c(Cl)cccc1Cl)n1cccc1. The molecule has 0 saturated carbocycles. The largest absolute Gasteiger partial charge is 0.334 e. The summed E-state index contributed by atoms with van der Waals surface area (Å²) in [5.41, 5.74) is 0.548. The van der Waals surface area contributed by atoms with E-state index >= 15 is 0 Å². The number of nitrogens with one attached hydrogen (secondary N) is 1. The van der Waals surface area contributed by atoms with Gasteiger partial charge in [0.25, 0.3) is 0 Å². The number of nitrogens with zero attached hydrogens (tertiary/aromatic N) is 3. The van der Waals surface area contributed by atoms with Crippen molar-refractivity contribution in [3.05, 3.63) is 52.8 Å². The number of guanidine groups is 1. The lowest BCUT2D eigenvalue weighted by Gasteiger charge is -2.20. The second-order valence-electron chi connectivity index (χ2n) is 4.45. The van der Waals surface area contributed by atoms with Crippen LogP contribution in [0.25, 0.3) is 0 Å². The maximum Gasteiger partial charge on any atom is 0.334 e. The van der Waals surface area contributed by atoms with Crippen LogP contribution >= 0.6 is 23.2 Å². The summed E-state index contributed by atoms with van der Waals surface area (Å²) in [5, 5.41) is 4.00. The highest BCUT2D eigenvalue weighted by atomic mass is 35.5. The van der Waals surface area contributed by atoms with E-state index in [1.54, 1.807) is 47.6 Å². The summed E-state index contributed by atoms with van der Waals surface area (Å²) in [7, 11) is 0. The third-order valence-electron chi connectivity index (χ3n) is 3.10. The normalized spacial score (nSPS) is 14.2. The van der Waals surface area contributed by atoms with Gasteiger partial charge in [0, 0.05) is 12.4 Å². The quantitative estimate of drug-likeness (QED) is 0.872. The molecule has 1 aliphatic rings. The number of carbonyl (C=O) groups excluding carboxylic acids is 1. The van der Waals surface area contributed by atoms with E-state index in [0.29, 0.717) is 34.8 Å². The first-order valence-corrected chi connectivity index (χ1v) is 7.13. The van der Waals surface area contributed by atoms with E-state index in [2.05, 4.69) is 10.3 Å². The number of aliphatic imine (C=N–C) groups is 1. The van der Waals surface area contributed by atoms with E-state index in [1.165, 1.54) is 4.57 Å². The Morgan fingerprint density at radius 2 is 1.81 bits per heavy atom. The minimum Gasteiger partial charge on any atom is -0.323 e. The summed E-state index contributed by atoms with van der Waals surface area (Å²) in [4.78, 5) is 18.2. The molecule has 0 unspecified atom stereocenters. The van der Waals surface area contributed by atoms with Crippen LogP contribution in [0.15, 0.2) is 47.7 Å². The number of para-hydroxylation sites is 1. The van der Waals surface area contributed by atoms with Crippen molar-refractivity contribution in [3.8, 4) is 0 Å². The number of anilines is 1. The molecule has 1 aliphatic heterocycles. The number of hydrogen-bond acceptors (Lipinski definition) is 3. The molecule has 1 aromatic heterocycles. The lowest BCUT2D eigenvalue weighted by atomic mass is 10.3. The van der Waals surface area contributed by atoms with Crippen molar-refractivity contribution >= 4 is 40.9 Å². The molecule has 0 saturated heterocycles. The molecule has 1 N–H and O–H groups in total. The minimum absolute atomic E-state index is 0.174. The van der Waals surface area contributed by atoms with Crippen LogP contribution in [-0.4, -0.2) is 34.5 Å². The topological polar surface area (TPSA) is 49.6 Å². The monoisotopic (exact) mass is 322 g/mol. The van der Waals surface area contributed by atoms with Crippen molar-refractivity contribution in [2.24, 2.45) is 4.99 Å². The van der Waals surface area contributed by atoms with Gasteiger partial charge in [0.05, 0.1) is 28.8 Å². The highest BCUT2D eigenvalue weighted by Gasteiger charge is 2.25. The molecule has 7 heteroatoms. The van der Waals surface area contributed by atoms with Gasteiger partial charge in [0.2, 0.25) is 5.96 Å². The predicted octanol–water partition coefficient (Wildman–Crippen LogP) is 3.55. The van der Waals surface area contributed by atoms with Crippen LogP contribution < -0.4 is 5.32 Å². The Labute approximate surface area is 131 Å². The molecule has 5 nitrogen and oxygen atoms in total. The molecule has 1 aromatic carbocycles. The Balaban J connectivity index is 1.84. The summed E-state index contributed by atoms with van der Waals surface area (Å²) >= 11 is 12.2. The zero-order chi connectivity index (χ0) is 14.8. The predicted molar refractivity (Wildman–Crippen MR) is 84.3 cm³/mol. The van der Waals surface area contributed by atoms with Gasteiger partial charge in [-0.05, 0) is 24.3 Å². The summed E-state index contributed by atoms with van der Waals surface area (Å²) in [6.45, 7) is 1.05. The maximum absolute atomic E-state index is 12.4. The number of rotatable bonds is 1. The first-order chi connectivity index (χ1) is 10.2. The molecule has 1 amide bonds. The lowest BCUT2D eigenvalue weighted by Crippen LogP contribution is -2.40. The van der Waals surface area contributed by atoms with E-state index in [4.69, 9.17) is 23.2 Å². The van der Waals surface area contributed by atoms with Crippen LogP contribution in [0.1, 0.15) is 0 Å². The summed E-state index contributed by atoms with van der Waals surface area (Å²) in [6, 6.07) is 8.63. The summed E-state index contributed by atoms with van der Waals surface area (Å²) in [5.74, 6) is 0.448. The fourth-order valence-electron chi connectivity index (χ4n) is 2.07. The zero-order valence-electron chi connectivity index (χ0n) is 11.0. The highest BCUT2D eigenvalue weighted by molar-refractivity contribution is 6.39. The van der Waals surface area contributed by atoms with Gasteiger partial charge in [-0.25, -0.2) is 4.79 Å². The van der Waals surface area contributed by atoms with Gasteiger partial charge in [-0.2, -0.15) is 0 Å². The minimum atomic E-state index is -0.174. The van der Waals surface area contributed by atoms with Crippen molar-refractivity contribution in [1.82, 2.24) is 9.47 Å². The Morgan fingerprint density at radius 1 is 1.14 bits per heavy atom. The average molecular weight is 323 g/mol. The van der Waals surface area contributed by atoms with E-state index in [-0.39, 0.29) is 6.03 Å². The van der Waals surface area contributed by atoms with Crippen molar-refractivity contribution < 1.29 is 4.79 Å². The van der Waals surface area contributed by atoms with Crippen LogP contribution in [0.4, 0.5) is 10.5 Å². The molecule has 0 spiro atoms. The zero-order valence-corrected chi connectivity index (χ0v) is 12.5. The number of benzene rings is 1. The van der Waals surface area contributed by atoms with Crippen molar-refractivity contribution in [3.63, 3.8) is 0 Å². The van der Waals surface area contributed by atoms with Gasteiger partial charge in [0.15, 0.2) is 0 Å². The summed E-state index contributed by atoms with van der Waals surface area (Å²) < 4.78 is 1.50. The average Bonchev–Trinajstić information content (AvgIpc) is 3.13. The molecule has 0 aliphatic carbocycles. The molecular formula is C14H12Cl2N4O. The molecule has 2 heterocycles. The molecule has 21 heavy (non-hydrogen) atoms. The van der Waals surface area contributed by atoms with Gasteiger partial charge in [-0.3, -0.25) is 14.5 Å². The van der Waals surface area contributed by atoms with Gasteiger partial charge < -0.3 is 5.32 Å². The standard InChI is InChI=1S/C14H12Cl2N4O/c15-10-4-3-5-11(16)12(10)18-13-17-6-9-20(13)14(21)19-7-1-2-8-19/h1-5,7-8H,6,9H2,(H,17,18). The molecule has 108 valence electrons. The van der Waals surface area contributed by atoms with E-state index < -0.39 is 0 Å². The molecular weight excluding hydrogens is 311 g/mol. The van der Waals surface area contributed by atoms with Crippen LogP contribution in [-0.2, 0) is 0 Å². The first kappa shape index (κ1) is 14.0. The Kier molecular flexibility index (Phi) is 3.86. The number of hydrogen-bond donors (Lipinski definition) is 1. The Morgan fingerprint density at radius 3 is 2.48 bits per heavy atom. The van der Waals surface area contributed by atoms with Crippen LogP contribution in [0, 0.1) is 0 Å². The maximum atomic E-state index is 12.4. The number of halogens is 2. The Bertz CT molecular complexity index is 677. The second-order valence-corrected chi connectivity index (χ2v) is 5.27. The lowest BCUT2D eigenvalue weighted by molar-refractivity contribution is 0.225. The van der Waals surface area contributed by atoms with E-state index in [0.717, 1.165) is 0 Å². The molecule has 2 aromatic rings. The van der Waals surface area contributed by atoms with Crippen LogP contribution in [0.3, 0.4) is 0 Å². The molecule has 3 rings (SSSR count). The number of amides is 1. The van der Waals surface area contributed by atoms with Crippen molar-refractivity contribution in [2.75, 3.05) is 18.4 Å². The van der Waals surface area contributed by atoms with Crippen molar-refractivity contribution in [1.29, 1.82) is 0 Å². The third kappa shape index (κ3) is 2.75. The van der Waals surface area contributed by atoms with Crippen LogP contribution in [0.5, 0.6) is 0 Å². The van der Waals surface area contributed by atoms with Gasteiger partial charge >= 0.3 is 6.03 Å². The van der Waals surface area contributed by atoms with Crippen molar-refractivity contribution in [2.45, 2.75) is 0 Å². The number of aromatic nitrogens is 1. The molecule has 0 atom stereocenters. The van der Waals surface area contributed by atoms with E-state index in [9.17, 15) is 4.79 Å². The third-order valence-corrected chi connectivity index (χ3v) is 3.73.